The molecule has 0 heterocycles. The van der Waals surface area contributed by atoms with Crippen molar-refractivity contribution in [2.45, 2.75) is 13.3 Å². The summed E-state index contributed by atoms with van der Waals surface area (Å²) in [6.45, 7) is 1.50. The zero-order valence-corrected chi connectivity index (χ0v) is 11.0. The predicted molar refractivity (Wildman–Crippen MR) is 71.7 cm³/mol. The number of ether oxygens (including phenoxy) is 1. The second-order valence-corrected chi connectivity index (χ2v) is 4.02. The van der Waals surface area contributed by atoms with Gasteiger partial charge in [-0.3, -0.25) is 4.79 Å². The fraction of sp³-hybridized carbons (Fsp3) is 0.231. The molecule has 0 fully saturated rings. The Kier molecular flexibility index (Phi) is 5.22. The van der Waals surface area contributed by atoms with Gasteiger partial charge >= 0.3 is 5.97 Å². The summed E-state index contributed by atoms with van der Waals surface area (Å²) >= 11 is 5.88. The van der Waals surface area contributed by atoms with Crippen LogP contribution in [0, 0.1) is 12.3 Å². The van der Waals surface area contributed by atoms with Gasteiger partial charge in [0.2, 0.25) is 5.91 Å². The first-order valence-corrected chi connectivity index (χ1v) is 5.74. The van der Waals surface area contributed by atoms with Crippen molar-refractivity contribution in [1.82, 2.24) is 0 Å². The lowest BCUT2D eigenvalue weighted by Gasteiger charge is -2.12. The molecule has 0 aliphatic heterocycles. The van der Waals surface area contributed by atoms with Crippen molar-refractivity contribution in [3.05, 3.63) is 22.7 Å². The average molecular weight is 282 g/mol. The summed E-state index contributed by atoms with van der Waals surface area (Å²) in [4.78, 5) is 22.1. The van der Waals surface area contributed by atoms with Crippen molar-refractivity contribution >= 4 is 29.2 Å². The molecule has 0 saturated heterocycles. The van der Waals surface area contributed by atoms with Crippen molar-refractivity contribution in [3.8, 4) is 18.1 Å². The number of carbonyl (C=O) groups is 2. The molecule has 0 aliphatic rings. The van der Waals surface area contributed by atoms with Gasteiger partial charge < -0.3 is 15.2 Å². The minimum atomic E-state index is -1.17. The smallest absolute Gasteiger partial charge is 0.339 e. The molecule has 0 unspecified atom stereocenters. The van der Waals surface area contributed by atoms with E-state index in [1.807, 2.05) is 0 Å². The number of anilines is 1. The van der Waals surface area contributed by atoms with Gasteiger partial charge in [0.1, 0.15) is 11.3 Å². The van der Waals surface area contributed by atoms with E-state index >= 15 is 0 Å². The van der Waals surface area contributed by atoms with Crippen LogP contribution in [0.2, 0.25) is 5.02 Å². The quantitative estimate of drug-likeness (QED) is 0.642. The van der Waals surface area contributed by atoms with E-state index < -0.39 is 5.97 Å². The summed E-state index contributed by atoms with van der Waals surface area (Å²) in [5.74, 6) is 0.990. The average Bonchev–Trinajstić information content (AvgIpc) is 2.32. The number of carboxylic acid groups (broad SMARTS) is 1. The van der Waals surface area contributed by atoms with Crippen molar-refractivity contribution in [2.24, 2.45) is 0 Å². The topological polar surface area (TPSA) is 75.6 Å². The van der Waals surface area contributed by atoms with Gasteiger partial charge in [0.05, 0.1) is 17.3 Å². The number of hydrogen-bond acceptors (Lipinski definition) is 3. The van der Waals surface area contributed by atoms with E-state index in [0.29, 0.717) is 6.42 Å². The maximum absolute atomic E-state index is 11.1. The maximum Gasteiger partial charge on any atom is 0.339 e. The number of aromatic carboxylic acids is 1. The first kappa shape index (κ1) is 14.9. The second-order valence-electron chi connectivity index (χ2n) is 3.62. The lowest BCUT2D eigenvalue weighted by molar-refractivity contribution is -0.114. The number of benzene rings is 1. The monoisotopic (exact) mass is 281 g/mol. The van der Waals surface area contributed by atoms with Crippen LogP contribution < -0.4 is 10.1 Å². The third kappa shape index (κ3) is 4.19. The van der Waals surface area contributed by atoms with Crippen LogP contribution in [-0.2, 0) is 4.79 Å². The Labute approximate surface area is 115 Å². The standard InChI is InChI=1S/C13H12ClNO4/c1-3-4-5-19-12-7-11(15-8(2)16)10(14)6-9(12)13(17)18/h1,6-7H,4-5H2,2H3,(H,15,16)(H,17,18). The molecule has 0 atom stereocenters. The van der Waals surface area contributed by atoms with E-state index in [1.165, 1.54) is 19.1 Å². The van der Waals surface area contributed by atoms with Gasteiger partial charge in [0.25, 0.3) is 0 Å². The molecule has 5 nitrogen and oxygen atoms in total. The maximum atomic E-state index is 11.1. The van der Waals surface area contributed by atoms with E-state index in [2.05, 4.69) is 11.2 Å². The molecule has 2 N–H and O–H groups in total. The molecule has 0 spiro atoms. The van der Waals surface area contributed by atoms with Crippen LogP contribution in [0.25, 0.3) is 0 Å². The molecular formula is C13H12ClNO4. The molecule has 19 heavy (non-hydrogen) atoms. The summed E-state index contributed by atoms with van der Waals surface area (Å²) in [7, 11) is 0. The number of carboxylic acids is 1. The molecule has 0 bridgehead atoms. The van der Waals surface area contributed by atoms with E-state index in [-0.39, 0.29) is 34.5 Å². The zero-order valence-electron chi connectivity index (χ0n) is 10.2. The van der Waals surface area contributed by atoms with Gasteiger partial charge in [-0.1, -0.05) is 11.6 Å². The van der Waals surface area contributed by atoms with Crippen LogP contribution in [0.3, 0.4) is 0 Å². The second kappa shape index (κ2) is 6.66. The highest BCUT2D eigenvalue weighted by Crippen LogP contribution is 2.31. The molecule has 100 valence electrons. The zero-order chi connectivity index (χ0) is 14.4. The fourth-order valence-electron chi connectivity index (χ4n) is 1.35. The minimum Gasteiger partial charge on any atom is -0.492 e. The molecule has 1 aromatic carbocycles. The molecular weight excluding hydrogens is 270 g/mol. The third-order valence-electron chi connectivity index (χ3n) is 2.11. The Hall–Kier alpha value is -2.19. The number of terminal acetylenes is 1. The Bertz CT molecular complexity index is 548. The largest absolute Gasteiger partial charge is 0.492 e. The summed E-state index contributed by atoms with van der Waals surface area (Å²) in [6, 6.07) is 2.59. The van der Waals surface area contributed by atoms with E-state index in [9.17, 15) is 9.59 Å². The van der Waals surface area contributed by atoms with Gasteiger partial charge in [-0.2, -0.15) is 0 Å². The number of carbonyl (C=O) groups excluding carboxylic acids is 1. The summed E-state index contributed by atoms with van der Waals surface area (Å²) < 4.78 is 5.28. The van der Waals surface area contributed by atoms with Gasteiger partial charge in [-0.05, 0) is 6.07 Å². The summed E-state index contributed by atoms with van der Waals surface area (Å²) in [6.07, 6.45) is 5.43. The summed E-state index contributed by atoms with van der Waals surface area (Å²) in [5, 5.41) is 11.7. The number of hydrogen-bond donors (Lipinski definition) is 2. The highest BCUT2D eigenvalue weighted by atomic mass is 35.5. The first-order valence-electron chi connectivity index (χ1n) is 5.36. The molecule has 0 aliphatic carbocycles. The Morgan fingerprint density at radius 3 is 2.74 bits per heavy atom. The van der Waals surface area contributed by atoms with Crippen LogP contribution in [0.4, 0.5) is 5.69 Å². The van der Waals surface area contributed by atoms with Crippen LogP contribution >= 0.6 is 11.6 Å². The highest BCUT2D eigenvalue weighted by molar-refractivity contribution is 6.34. The van der Waals surface area contributed by atoms with Crippen LogP contribution in [-0.4, -0.2) is 23.6 Å². The molecule has 0 saturated carbocycles. The lowest BCUT2D eigenvalue weighted by Crippen LogP contribution is -2.09. The van der Waals surface area contributed by atoms with Gasteiger partial charge in [0, 0.05) is 19.4 Å². The van der Waals surface area contributed by atoms with Gasteiger partial charge in [-0.25, -0.2) is 4.79 Å². The molecule has 0 radical (unpaired) electrons. The first-order chi connectivity index (χ1) is 8.95. The number of halogens is 1. The predicted octanol–water partition coefficient (Wildman–Crippen LogP) is 2.40. The van der Waals surface area contributed by atoms with Crippen molar-refractivity contribution < 1.29 is 19.4 Å². The number of rotatable bonds is 5. The highest BCUT2D eigenvalue weighted by Gasteiger charge is 2.16. The lowest BCUT2D eigenvalue weighted by atomic mass is 10.1. The van der Waals surface area contributed by atoms with E-state index in [0.717, 1.165) is 0 Å². The van der Waals surface area contributed by atoms with Crippen LogP contribution in [0.5, 0.6) is 5.75 Å². The van der Waals surface area contributed by atoms with Gasteiger partial charge in [-0.15, -0.1) is 12.3 Å². The molecule has 1 amide bonds. The third-order valence-corrected chi connectivity index (χ3v) is 2.43. The fourth-order valence-corrected chi connectivity index (χ4v) is 1.56. The van der Waals surface area contributed by atoms with Crippen molar-refractivity contribution in [2.75, 3.05) is 11.9 Å². The molecule has 1 rings (SSSR count). The molecule has 1 aromatic rings. The molecule has 6 heteroatoms. The molecule has 0 aromatic heterocycles. The van der Waals surface area contributed by atoms with Crippen LogP contribution in [0.15, 0.2) is 12.1 Å². The Morgan fingerprint density at radius 1 is 1.53 bits per heavy atom. The van der Waals surface area contributed by atoms with Crippen molar-refractivity contribution in [3.63, 3.8) is 0 Å². The van der Waals surface area contributed by atoms with Crippen LogP contribution in [0.1, 0.15) is 23.7 Å². The Morgan fingerprint density at radius 2 is 2.21 bits per heavy atom. The minimum absolute atomic E-state index is 0.0869. The SMILES string of the molecule is C#CCCOc1cc(NC(C)=O)c(Cl)cc1C(=O)O. The number of nitrogens with one attached hydrogen (secondary N) is 1. The number of amides is 1. The summed E-state index contributed by atoms with van der Waals surface area (Å²) in [5.41, 5.74) is 0.200. The normalized spacial score (nSPS) is 9.53. The van der Waals surface area contributed by atoms with Crippen molar-refractivity contribution in [1.29, 1.82) is 0 Å². The Balaban J connectivity index is 3.12. The van der Waals surface area contributed by atoms with Gasteiger partial charge in [0.15, 0.2) is 0 Å². The van der Waals surface area contributed by atoms with E-state index in [4.69, 9.17) is 27.9 Å². The van der Waals surface area contributed by atoms with E-state index in [1.54, 1.807) is 0 Å².